The van der Waals surface area contributed by atoms with Gasteiger partial charge in [-0.3, -0.25) is 0 Å². The van der Waals surface area contributed by atoms with E-state index >= 15 is 0 Å². The van der Waals surface area contributed by atoms with Crippen molar-refractivity contribution < 1.29 is 0 Å². The molecule has 0 aromatic carbocycles. The Morgan fingerprint density at radius 3 is 2.76 bits per heavy atom. The normalized spacial score (nSPS) is 18.7. The highest BCUT2D eigenvalue weighted by Gasteiger charge is 2.17. The van der Waals surface area contributed by atoms with Crippen LogP contribution >= 0.6 is 22.9 Å². The van der Waals surface area contributed by atoms with Gasteiger partial charge >= 0.3 is 0 Å². The molecule has 0 amide bonds. The number of rotatable bonds is 5. The van der Waals surface area contributed by atoms with E-state index in [9.17, 15) is 0 Å². The van der Waals surface area contributed by atoms with E-state index in [0.29, 0.717) is 0 Å². The average molecular weight is 273 g/mol. The van der Waals surface area contributed by atoms with Crippen LogP contribution in [0.5, 0.6) is 0 Å². The van der Waals surface area contributed by atoms with Crippen LogP contribution in [0.15, 0.2) is 12.1 Å². The first kappa shape index (κ1) is 13.3. The lowest BCUT2D eigenvalue weighted by Gasteiger charge is -2.31. The second-order valence-electron chi connectivity index (χ2n) is 4.71. The molecule has 0 radical (unpaired) electrons. The molecule has 0 bridgehead atoms. The van der Waals surface area contributed by atoms with E-state index in [0.717, 1.165) is 23.3 Å². The molecule has 1 aliphatic rings. The Bertz CT molecular complexity index is 332. The molecule has 0 spiro atoms. The lowest BCUT2D eigenvalue weighted by atomic mass is 9.97. The fourth-order valence-electron chi connectivity index (χ4n) is 2.35. The Morgan fingerprint density at radius 2 is 2.18 bits per heavy atom. The fourth-order valence-corrected chi connectivity index (χ4v) is 3.41. The minimum absolute atomic E-state index is 0.855. The minimum Gasteiger partial charge on any atom is -0.312 e. The summed E-state index contributed by atoms with van der Waals surface area (Å²) in [5.41, 5.74) is 0. The van der Waals surface area contributed by atoms with E-state index in [-0.39, 0.29) is 0 Å². The van der Waals surface area contributed by atoms with Gasteiger partial charge < -0.3 is 10.2 Å². The van der Waals surface area contributed by atoms with Crippen LogP contribution in [0.3, 0.4) is 0 Å². The summed E-state index contributed by atoms with van der Waals surface area (Å²) in [6.07, 6.45) is 2.68. The smallest absolute Gasteiger partial charge is 0.0931 e. The molecular formula is C13H21ClN2S. The summed E-state index contributed by atoms with van der Waals surface area (Å²) in [7, 11) is 0. The molecule has 0 unspecified atom stereocenters. The Kier molecular flexibility index (Phi) is 5.29. The van der Waals surface area contributed by atoms with Gasteiger partial charge in [0.2, 0.25) is 0 Å². The molecule has 1 saturated heterocycles. The Morgan fingerprint density at radius 1 is 1.41 bits per heavy atom. The number of nitrogens with zero attached hydrogens (tertiary/aromatic N) is 1. The minimum atomic E-state index is 0.855. The number of thiophene rings is 1. The van der Waals surface area contributed by atoms with Gasteiger partial charge in [0.1, 0.15) is 0 Å². The van der Waals surface area contributed by atoms with Crippen molar-refractivity contribution >= 4 is 22.9 Å². The first-order valence-corrected chi connectivity index (χ1v) is 7.64. The van der Waals surface area contributed by atoms with E-state index in [2.05, 4.69) is 23.2 Å². The molecule has 2 rings (SSSR count). The van der Waals surface area contributed by atoms with E-state index in [4.69, 9.17) is 11.6 Å². The topological polar surface area (TPSA) is 15.3 Å². The third-order valence-corrected chi connectivity index (χ3v) is 4.75. The predicted molar refractivity (Wildman–Crippen MR) is 75.9 cm³/mol. The van der Waals surface area contributed by atoms with Crippen LogP contribution in [0, 0.1) is 5.92 Å². The molecule has 1 N–H and O–H groups in total. The number of hydrogen-bond donors (Lipinski definition) is 1. The van der Waals surface area contributed by atoms with Crippen molar-refractivity contribution in [3.05, 3.63) is 21.3 Å². The summed E-state index contributed by atoms with van der Waals surface area (Å²) in [5.74, 6) is 0.855. The quantitative estimate of drug-likeness (QED) is 0.885. The van der Waals surface area contributed by atoms with Crippen LogP contribution in [0.4, 0.5) is 0 Å². The van der Waals surface area contributed by atoms with Crippen LogP contribution in [0.2, 0.25) is 4.34 Å². The van der Waals surface area contributed by atoms with Crippen molar-refractivity contribution in [3.8, 4) is 0 Å². The standard InChI is InChI=1S/C13H21ClN2S/c1-2-16-7-5-11(6-8-16)9-15-10-12-3-4-13(14)17-12/h3-4,11,15H,2,5-10H2,1H3. The SMILES string of the molecule is CCN1CCC(CNCc2ccc(Cl)s2)CC1. The average Bonchev–Trinajstić information content (AvgIpc) is 2.76. The fraction of sp³-hybridized carbons (Fsp3) is 0.692. The molecule has 1 fully saturated rings. The molecule has 1 aromatic rings. The molecule has 96 valence electrons. The van der Waals surface area contributed by atoms with Gasteiger partial charge in [0.25, 0.3) is 0 Å². The maximum atomic E-state index is 5.91. The van der Waals surface area contributed by atoms with Gasteiger partial charge in [-0.25, -0.2) is 0 Å². The van der Waals surface area contributed by atoms with E-state index in [1.165, 1.54) is 37.4 Å². The van der Waals surface area contributed by atoms with E-state index in [1.807, 2.05) is 6.07 Å². The largest absolute Gasteiger partial charge is 0.312 e. The summed E-state index contributed by atoms with van der Waals surface area (Å²) in [4.78, 5) is 3.87. The van der Waals surface area contributed by atoms with Crippen LogP contribution in [0.25, 0.3) is 0 Å². The molecule has 0 saturated carbocycles. The molecule has 17 heavy (non-hydrogen) atoms. The zero-order valence-corrected chi connectivity index (χ0v) is 12.0. The highest BCUT2D eigenvalue weighted by Crippen LogP contribution is 2.21. The van der Waals surface area contributed by atoms with Crippen molar-refractivity contribution in [2.45, 2.75) is 26.3 Å². The highest BCUT2D eigenvalue weighted by atomic mass is 35.5. The second kappa shape index (κ2) is 6.74. The molecule has 2 heterocycles. The van der Waals surface area contributed by atoms with Gasteiger partial charge in [-0.15, -0.1) is 11.3 Å². The van der Waals surface area contributed by atoms with Gasteiger partial charge in [0, 0.05) is 11.4 Å². The third kappa shape index (κ3) is 4.25. The monoisotopic (exact) mass is 272 g/mol. The van der Waals surface area contributed by atoms with Gasteiger partial charge in [0.05, 0.1) is 4.34 Å². The van der Waals surface area contributed by atoms with Gasteiger partial charge in [-0.05, 0) is 57.1 Å². The second-order valence-corrected chi connectivity index (χ2v) is 6.51. The van der Waals surface area contributed by atoms with Crippen molar-refractivity contribution in [2.75, 3.05) is 26.2 Å². The van der Waals surface area contributed by atoms with Crippen molar-refractivity contribution in [2.24, 2.45) is 5.92 Å². The first-order chi connectivity index (χ1) is 8.28. The number of nitrogens with one attached hydrogen (secondary N) is 1. The zero-order chi connectivity index (χ0) is 12.1. The number of likely N-dealkylation sites (tertiary alicyclic amines) is 1. The number of hydrogen-bond acceptors (Lipinski definition) is 3. The zero-order valence-electron chi connectivity index (χ0n) is 10.4. The van der Waals surface area contributed by atoms with Gasteiger partial charge in [0.15, 0.2) is 0 Å². The van der Waals surface area contributed by atoms with Gasteiger partial charge in [-0.1, -0.05) is 18.5 Å². The summed E-state index contributed by atoms with van der Waals surface area (Å²) in [5, 5.41) is 3.55. The predicted octanol–water partition coefficient (Wildman–Crippen LogP) is 3.22. The van der Waals surface area contributed by atoms with Gasteiger partial charge in [-0.2, -0.15) is 0 Å². The maximum absolute atomic E-state index is 5.91. The first-order valence-electron chi connectivity index (χ1n) is 6.45. The van der Waals surface area contributed by atoms with Crippen LogP contribution in [0.1, 0.15) is 24.6 Å². The Balaban J connectivity index is 1.63. The molecule has 2 nitrogen and oxygen atoms in total. The number of halogens is 1. The van der Waals surface area contributed by atoms with Crippen LogP contribution in [-0.4, -0.2) is 31.1 Å². The van der Waals surface area contributed by atoms with E-state index in [1.54, 1.807) is 11.3 Å². The maximum Gasteiger partial charge on any atom is 0.0931 e. The third-order valence-electron chi connectivity index (χ3n) is 3.52. The summed E-state index contributed by atoms with van der Waals surface area (Å²) in [6.45, 7) is 8.10. The van der Waals surface area contributed by atoms with Crippen LogP contribution < -0.4 is 5.32 Å². The molecule has 0 atom stereocenters. The number of piperidine rings is 1. The molecule has 1 aromatic heterocycles. The highest BCUT2D eigenvalue weighted by molar-refractivity contribution is 7.16. The summed E-state index contributed by atoms with van der Waals surface area (Å²) < 4.78 is 0.887. The summed E-state index contributed by atoms with van der Waals surface area (Å²) >= 11 is 7.58. The van der Waals surface area contributed by atoms with Crippen molar-refractivity contribution in [3.63, 3.8) is 0 Å². The van der Waals surface area contributed by atoms with Crippen molar-refractivity contribution in [1.29, 1.82) is 0 Å². The molecule has 4 heteroatoms. The lowest BCUT2D eigenvalue weighted by Crippen LogP contribution is -2.36. The van der Waals surface area contributed by atoms with Crippen LogP contribution in [-0.2, 0) is 6.54 Å². The Hall–Kier alpha value is -0.0900. The van der Waals surface area contributed by atoms with E-state index < -0.39 is 0 Å². The molecule has 1 aliphatic heterocycles. The molecular weight excluding hydrogens is 252 g/mol. The Labute approximate surface area is 113 Å². The lowest BCUT2D eigenvalue weighted by molar-refractivity contribution is 0.190. The van der Waals surface area contributed by atoms with Crippen molar-refractivity contribution in [1.82, 2.24) is 10.2 Å². The summed E-state index contributed by atoms with van der Waals surface area (Å²) in [6, 6.07) is 4.09. The molecule has 0 aliphatic carbocycles.